The number of nitrogens with zero attached hydrogens (tertiary/aromatic N) is 1. The summed E-state index contributed by atoms with van der Waals surface area (Å²) in [6.45, 7) is 5.97. The minimum atomic E-state index is -3.16. The molecule has 0 rings (SSSR count). The van der Waals surface area contributed by atoms with E-state index in [0.717, 1.165) is 32.4 Å². The fraction of sp³-hybridized carbons (Fsp3) is 1.00. The maximum Gasteiger partial charge on any atom is 0.211 e. The van der Waals surface area contributed by atoms with Gasteiger partial charge in [-0.1, -0.05) is 90.4 Å². The van der Waals surface area contributed by atoms with Crippen LogP contribution in [0.25, 0.3) is 0 Å². The van der Waals surface area contributed by atoms with E-state index in [0.29, 0.717) is 26.2 Å². The lowest BCUT2D eigenvalue weighted by molar-refractivity contribution is 0.293. The maximum atomic E-state index is 12.1. The molecule has 0 aliphatic carbocycles. The number of hydrogen-bond acceptors (Lipinski definition) is 5. The Balaban J connectivity index is 3.48. The molecule has 0 heterocycles. The van der Waals surface area contributed by atoms with Gasteiger partial charge in [-0.3, -0.25) is 4.90 Å². The van der Waals surface area contributed by atoms with Crippen LogP contribution in [-0.2, 0) is 10.0 Å². The van der Waals surface area contributed by atoms with Gasteiger partial charge >= 0.3 is 0 Å². The van der Waals surface area contributed by atoms with E-state index in [1.54, 1.807) is 0 Å². The highest BCUT2D eigenvalue weighted by molar-refractivity contribution is 7.89. The highest BCUT2D eigenvalue weighted by atomic mass is 32.2. The monoisotopic (exact) mass is 434 g/mol. The molecule has 0 aliphatic rings. The van der Waals surface area contributed by atoms with Crippen molar-refractivity contribution in [2.75, 3.05) is 45.0 Å². The first kappa shape index (κ1) is 28.8. The predicted octanol–water partition coefficient (Wildman–Crippen LogP) is 3.61. The molecule has 0 fully saturated rings. The van der Waals surface area contributed by atoms with Crippen molar-refractivity contribution in [3.05, 3.63) is 0 Å². The zero-order valence-corrected chi connectivity index (χ0v) is 20.0. The molecule has 0 aromatic carbocycles. The van der Waals surface area contributed by atoms with E-state index in [-0.39, 0.29) is 5.75 Å². The van der Waals surface area contributed by atoms with E-state index in [1.165, 1.54) is 70.6 Å². The van der Waals surface area contributed by atoms with Crippen molar-refractivity contribution < 1.29 is 8.42 Å². The van der Waals surface area contributed by atoms with Gasteiger partial charge < -0.3 is 11.5 Å². The molecule has 0 bridgehead atoms. The van der Waals surface area contributed by atoms with Gasteiger partial charge in [-0.15, -0.1) is 0 Å². The minimum Gasteiger partial charge on any atom is -0.329 e. The van der Waals surface area contributed by atoms with E-state index in [2.05, 4.69) is 16.5 Å². The Morgan fingerprint density at radius 3 is 1.48 bits per heavy atom. The molecule has 29 heavy (non-hydrogen) atoms. The van der Waals surface area contributed by atoms with Gasteiger partial charge in [0.15, 0.2) is 0 Å². The minimum absolute atomic E-state index is 0.235. The molecule has 0 unspecified atom stereocenters. The standard InChI is InChI=1S/C22H50N4O2S/c1-2-3-4-5-6-7-8-9-10-11-12-13-14-15-22-29(27,28)25-18-21-26(19-16-23)20-17-24/h25H,2-24H2,1H3. The molecular formula is C22H50N4O2S. The summed E-state index contributed by atoms with van der Waals surface area (Å²) in [5, 5.41) is 0. The van der Waals surface area contributed by atoms with Crippen LogP contribution in [0.15, 0.2) is 0 Å². The Labute approximate surface area is 181 Å². The van der Waals surface area contributed by atoms with Crippen LogP contribution in [-0.4, -0.2) is 58.3 Å². The Hall–Kier alpha value is -0.210. The van der Waals surface area contributed by atoms with Crippen molar-refractivity contribution >= 4 is 10.0 Å². The van der Waals surface area contributed by atoms with Crippen LogP contribution in [0.3, 0.4) is 0 Å². The normalized spacial score (nSPS) is 12.1. The lowest BCUT2D eigenvalue weighted by atomic mass is 10.0. The van der Waals surface area contributed by atoms with Gasteiger partial charge in [0.25, 0.3) is 0 Å². The molecule has 0 aliphatic heterocycles. The molecule has 6 nitrogen and oxygen atoms in total. The molecule has 0 saturated heterocycles. The number of unbranched alkanes of at least 4 members (excludes halogenated alkanes) is 13. The van der Waals surface area contributed by atoms with Crippen LogP contribution in [0.2, 0.25) is 0 Å². The molecule has 176 valence electrons. The van der Waals surface area contributed by atoms with Crippen LogP contribution < -0.4 is 16.2 Å². The first-order chi connectivity index (χ1) is 14.1. The van der Waals surface area contributed by atoms with Crippen molar-refractivity contribution in [2.24, 2.45) is 11.5 Å². The molecular weight excluding hydrogens is 384 g/mol. The lowest BCUT2D eigenvalue weighted by Crippen LogP contribution is -2.40. The molecule has 0 spiro atoms. The lowest BCUT2D eigenvalue weighted by Gasteiger charge is -2.20. The SMILES string of the molecule is CCCCCCCCCCCCCCCCS(=O)(=O)NCCN(CCN)CCN. The molecule has 0 aromatic heterocycles. The van der Waals surface area contributed by atoms with E-state index in [9.17, 15) is 8.42 Å². The third-order valence-electron chi connectivity index (χ3n) is 5.41. The Morgan fingerprint density at radius 2 is 1.07 bits per heavy atom. The zero-order chi connectivity index (χ0) is 21.6. The van der Waals surface area contributed by atoms with E-state index < -0.39 is 10.0 Å². The molecule has 0 aromatic rings. The zero-order valence-electron chi connectivity index (χ0n) is 19.2. The van der Waals surface area contributed by atoms with Crippen LogP contribution in [0.4, 0.5) is 0 Å². The van der Waals surface area contributed by atoms with Crippen molar-refractivity contribution in [3.63, 3.8) is 0 Å². The summed E-state index contributed by atoms with van der Waals surface area (Å²) in [7, 11) is -3.16. The summed E-state index contributed by atoms with van der Waals surface area (Å²) >= 11 is 0. The fourth-order valence-electron chi connectivity index (χ4n) is 3.62. The average molecular weight is 435 g/mol. The largest absolute Gasteiger partial charge is 0.329 e. The highest BCUT2D eigenvalue weighted by Gasteiger charge is 2.10. The topological polar surface area (TPSA) is 101 Å². The summed E-state index contributed by atoms with van der Waals surface area (Å²) in [6.07, 6.45) is 17.8. The fourth-order valence-corrected chi connectivity index (χ4v) is 4.75. The summed E-state index contributed by atoms with van der Waals surface area (Å²) in [6, 6.07) is 0. The second-order valence-electron chi connectivity index (χ2n) is 8.23. The van der Waals surface area contributed by atoms with E-state index in [4.69, 9.17) is 11.5 Å². The van der Waals surface area contributed by atoms with Crippen molar-refractivity contribution in [1.29, 1.82) is 0 Å². The van der Waals surface area contributed by atoms with Crippen molar-refractivity contribution in [1.82, 2.24) is 9.62 Å². The van der Waals surface area contributed by atoms with Crippen molar-refractivity contribution in [3.8, 4) is 0 Å². The summed E-state index contributed by atoms with van der Waals surface area (Å²) < 4.78 is 26.8. The third-order valence-corrected chi connectivity index (χ3v) is 6.88. The summed E-state index contributed by atoms with van der Waals surface area (Å²) in [5.74, 6) is 0.235. The van der Waals surface area contributed by atoms with Gasteiger partial charge in [0.2, 0.25) is 10.0 Å². The van der Waals surface area contributed by atoms with Gasteiger partial charge in [-0.2, -0.15) is 0 Å². The Bertz CT molecular complexity index is 427. The van der Waals surface area contributed by atoms with Gasteiger partial charge in [0, 0.05) is 39.3 Å². The first-order valence-electron chi connectivity index (χ1n) is 12.2. The first-order valence-corrected chi connectivity index (χ1v) is 13.8. The van der Waals surface area contributed by atoms with Gasteiger partial charge in [0.1, 0.15) is 0 Å². The third kappa shape index (κ3) is 20.8. The molecule has 0 atom stereocenters. The molecule has 0 saturated carbocycles. The number of sulfonamides is 1. The highest BCUT2D eigenvalue weighted by Crippen LogP contribution is 2.13. The number of hydrogen-bond donors (Lipinski definition) is 3. The average Bonchev–Trinajstić information content (AvgIpc) is 2.68. The number of nitrogens with one attached hydrogen (secondary N) is 1. The van der Waals surface area contributed by atoms with Gasteiger partial charge in [0.05, 0.1) is 5.75 Å². The smallest absolute Gasteiger partial charge is 0.211 e. The van der Waals surface area contributed by atoms with Crippen LogP contribution in [0.1, 0.15) is 96.8 Å². The van der Waals surface area contributed by atoms with Crippen LogP contribution in [0.5, 0.6) is 0 Å². The maximum absolute atomic E-state index is 12.1. The Morgan fingerprint density at radius 1 is 0.655 bits per heavy atom. The van der Waals surface area contributed by atoms with E-state index in [1.807, 2.05) is 0 Å². The number of nitrogens with two attached hydrogens (primary N) is 2. The summed E-state index contributed by atoms with van der Waals surface area (Å²) in [4.78, 5) is 2.09. The second kappa shape index (κ2) is 21.0. The van der Waals surface area contributed by atoms with Gasteiger partial charge in [-0.25, -0.2) is 13.1 Å². The predicted molar refractivity (Wildman–Crippen MR) is 127 cm³/mol. The van der Waals surface area contributed by atoms with E-state index >= 15 is 0 Å². The van der Waals surface area contributed by atoms with Crippen LogP contribution in [0, 0.1) is 0 Å². The molecule has 0 radical (unpaired) electrons. The number of rotatable bonds is 23. The van der Waals surface area contributed by atoms with Crippen molar-refractivity contribution in [2.45, 2.75) is 96.8 Å². The molecule has 0 amide bonds. The quantitative estimate of drug-likeness (QED) is 0.213. The van der Waals surface area contributed by atoms with Gasteiger partial charge in [-0.05, 0) is 6.42 Å². The second-order valence-corrected chi connectivity index (χ2v) is 10.2. The van der Waals surface area contributed by atoms with Crippen LogP contribution >= 0.6 is 0 Å². The summed E-state index contributed by atoms with van der Waals surface area (Å²) in [5.41, 5.74) is 11.1. The molecule has 7 heteroatoms. The molecule has 5 N–H and O–H groups in total. The Kier molecular flexibility index (Phi) is 20.9.